The van der Waals surface area contributed by atoms with Gasteiger partial charge in [0.2, 0.25) is 0 Å². The predicted octanol–water partition coefficient (Wildman–Crippen LogP) is 1.28. The molecule has 0 rings (SSSR count). The standard InChI is InChI=1S/C13H27N3O4S/c1-5-16(14)7-9-21-8-6-10(11(17)18)15-12(19)20-13(2,3)4/h10H,5-9,14H2,1-4H3,(H,15,19)(H,17,18)/t10-/m0/s1. The van der Waals surface area contributed by atoms with E-state index in [-0.39, 0.29) is 0 Å². The Balaban J connectivity index is 4.04. The molecule has 0 aliphatic carbocycles. The molecule has 0 saturated carbocycles. The maximum Gasteiger partial charge on any atom is 0.408 e. The van der Waals surface area contributed by atoms with Crippen LogP contribution in [0.5, 0.6) is 0 Å². The Bertz CT molecular complexity index is 334. The van der Waals surface area contributed by atoms with E-state index in [2.05, 4.69) is 5.32 Å². The van der Waals surface area contributed by atoms with Crippen molar-refractivity contribution in [2.45, 2.75) is 45.8 Å². The van der Waals surface area contributed by atoms with Crippen molar-refractivity contribution < 1.29 is 19.4 Å². The Labute approximate surface area is 130 Å². The molecule has 4 N–H and O–H groups in total. The minimum Gasteiger partial charge on any atom is -0.480 e. The number of rotatable bonds is 9. The second-order valence-corrected chi connectivity index (χ2v) is 6.79. The molecule has 0 bridgehead atoms. The molecule has 8 heteroatoms. The van der Waals surface area contributed by atoms with E-state index in [1.54, 1.807) is 37.5 Å². The second-order valence-electron chi connectivity index (χ2n) is 5.57. The number of carbonyl (C=O) groups is 2. The fourth-order valence-corrected chi connectivity index (χ4v) is 2.32. The van der Waals surface area contributed by atoms with E-state index < -0.39 is 23.7 Å². The highest BCUT2D eigenvalue weighted by Crippen LogP contribution is 2.09. The number of nitrogens with one attached hydrogen (secondary N) is 1. The summed E-state index contributed by atoms with van der Waals surface area (Å²) in [6.07, 6.45) is -0.366. The van der Waals surface area contributed by atoms with E-state index in [0.717, 1.165) is 18.8 Å². The lowest BCUT2D eigenvalue weighted by Crippen LogP contribution is -2.43. The van der Waals surface area contributed by atoms with Gasteiger partial charge in [-0.2, -0.15) is 11.8 Å². The van der Waals surface area contributed by atoms with Crippen LogP contribution < -0.4 is 11.2 Å². The van der Waals surface area contributed by atoms with Crippen molar-refractivity contribution in [1.29, 1.82) is 0 Å². The number of carboxylic acids is 1. The Morgan fingerprint density at radius 3 is 2.48 bits per heavy atom. The third kappa shape index (κ3) is 11.4. The third-order valence-corrected chi connectivity index (χ3v) is 3.46. The Morgan fingerprint density at radius 2 is 2.00 bits per heavy atom. The van der Waals surface area contributed by atoms with Gasteiger partial charge < -0.3 is 15.2 Å². The number of carboxylic acid groups (broad SMARTS) is 1. The summed E-state index contributed by atoms with van der Waals surface area (Å²) in [6.45, 7) is 8.67. The Morgan fingerprint density at radius 1 is 1.38 bits per heavy atom. The number of hydrogen-bond donors (Lipinski definition) is 3. The van der Waals surface area contributed by atoms with Crippen molar-refractivity contribution in [2.75, 3.05) is 24.6 Å². The minimum absolute atomic E-state index is 0.343. The molecule has 1 atom stereocenters. The van der Waals surface area contributed by atoms with Gasteiger partial charge in [-0.1, -0.05) is 6.92 Å². The van der Waals surface area contributed by atoms with Crippen LogP contribution in [0.4, 0.5) is 4.79 Å². The molecule has 0 radical (unpaired) electrons. The Hall–Kier alpha value is -0.990. The van der Waals surface area contributed by atoms with Gasteiger partial charge in [-0.05, 0) is 32.9 Å². The number of thioether (sulfide) groups is 1. The summed E-state index contributed by atoms with van der Waals surface area (Å²) >= 11 is 1.61. The first-order valence-corrected chi connectivity index (χ1v) is 8.11. The molecule has 0 heterocycles. The highest BCUT2D eigenvalue weighted by Gasteiger charge is 2.23. The van der Waals surface area contributed by atoms with Crippen LogP contribution >= 0.6 is 11.8 Å². The van der Waals surface area contributed by atoms with Gasteiger partial charge in [-0.25, -0.2) is 14.6 Å². The summed E-state index contributed by atoms with van der Waals surface area (Å²) in [6, 6.07) is -0.937. The topological polar surface area (TPSA) is 105 Å². The van der Waals surface area contributed by atoms with Crippen molar-refractivity contribution in [3.8, 4) is 0 Å². The van der Waals surface area contributed by atoms with Crippen molar-refractivity contribution in [3.05, 3.63) is 0 Å². The molecule has 1 amide bonds. The molecule has 0 aliphatic rings. The average Bonchev–Trinajstić information content (AvgIpc) is 2.34. The highest BCUT2D eigenvalue weighted by atomic mass is 32.2. The number of alkyl carbamates (subject to hydrolysis) is 1. The maximum absolute atomic E-state index is 11.6. The highest BCUT2D eigenvalue weighted by molar-refractivity contribution is 7.99. The lowest BCUT2D eigenvalue weighted by Gasteiger charge is -2.22. The minimum atomic E-state index is -1.06. The normalized spacial score (nSPS) is 13.0. The zero-order chi connectivity index (χ0) is 16.5. The van der Waals surface area contributed by atoms with Crippen LogP contribution in [0.15, 0.2) is 0 Å². The monoisotopic (exact) mass is 321 g/mol. The molecule has 0 fully saturated rings. The lowest BCUT2D eigenvalue weighted by molar-refractivity contribution is -0.139. The summed E-state index contributed by atoms with van der Waals surface area (Å²) in [4.78, 5) is 22.7. The predicted molar refractivity (Wildman–Crippen MR) is 84.2 cm³/mol. The number of nitrogens with two attached hydrogens (primary N) is 1. The van der Waals surface area contributed by atoms with Crippen LogP contribution in [-0.4, -0.2) is 58.4 Å². The van der Waals surface area contributed by atoms with Gasteiger partial charge >= 0.3 is 12.1 Å². The molecule has 0 aromatic heterocycles. The lowest BCUT2D eigenvalue weighted by atomic mass is 10.2. The zero-order valence-electron chi connectivity index (χ0n) is 13.2. The molecule has 0 spiro atoms. The van der Waals surface area contributed by atoms with Gasteiger partial charge in [0.15, 0.2) is 0 Å². The van der Waals surface area contributed by atoms with E-state index in [4.69, 9.17) is 15.7 Å². The van der Waals surface area contributed by atoms with Gasteiger partial charge in [0, 0.05) is 18.8 Å². The smallest absolute Gasteiger partial charge is 0.408 e. The van der Waals surface area contributed by atoms with Crippen LogP contribution in [0.2, 0.25) is 0 Å². The van der Waals surface area contributed by atoms with Crippen LogP contribution in [0, 0.1) is 0 Å². The molecule has 0 unspecified atom stereocenters. The van der Waals surface area contributed by atoms with Crippen molar-refractivity contribution in [2.24, 2.45) is 5.84 Å². The van der Waals surface area contributed by atoms with Crippen LogP contribution in [0.25, 0.3) is 0 Å². The first-order valence-electron chi connectivity index (χ1n) is 6.95. The number of amides is 1. The fraction of sp³-hybridized carbons (Fsp3) is 0.846. The summed E-state index contributed by atoms with van der Waals surface area (Å²) in [5.74, 6) is 6.03. The van der Waals surface area contributed by atoms with Gasteiger partial charge in [0.05, 0.1) is 0 Å². The SMILES string of the molecule is CCN(N)CCSCC[C@H](NC(=O)OC(C)(C)C)C(=O)O. The summed E-state index contributed by atoms with van der Waals surface area (Å²) in [5.41, 5.74) is -0.646. The third-order valence-electron chi connectivity index (χ3n) is 2.47. The average molecular weight is 321 g/mol. The molecule has 0 aromatic carbocycles. The fourth-order valence-electron chi connectivity index (χ4n) is 1.35. The number of aliphatic carboxylic acids is 1. The van der Waals surface area contributed by atoms with E-state index >= 15 is 0 Å². The first kappa shape index (κ1) is 20.0. The van der Waals surface area contributed by atoms with Crippen molar-refractivity contribution in [1.82, 2.24) is 10.3 Å². The summed E-state index contributed by atoms with van der Waals surface area (Å²) in [7, 11) is 0. The van der Waals surface area contributed by atoms with Crippen LogP contribution in [-0.2, 0) is 9.53 Å². The van der Waals surface area contributed by atoms with Crippen molar-refractivity contribution >= 4 is 23.8 Å². The van der Waals surface area contributed by atoms with Crippen LogP contribution in [0.1, 0.15) is 34.1 Å². The zero-order valence-corrected chi connectivity index (χ0v) is 14.0. The first-order chi connectivity index (χ1) is 9.65. The molecule has 0 aromatic rings. The largest absolute Gasteiger partial charge is 0.480 e. The maximum atomic E-state index is 11.6. The molecule has 0 aliphatic heterocycles. The van der Waals surface area contributed by atoms with Gasteiger partial charge in [-0.3, -0.25) is 5.84 Å². The number of carbonyl (C=O) groups excluding carboxylic acids is 1. The molecule has 0 saturated heterocycles. The summed E-state index contributed by atoms with van der Waals surface area (Å²) in [5, 5.41) is 13.2. The molecular weight excluding hydrogens is 294 g/mol. The van der Waals surface area contributed by atoms with Gasteiger partial charge in [-0.15, -0.1) is 0 Å². The quantitative estimate of drug-likeness (QED) is 0.334. The van der Waals surface area contributed by atoms with Gasteiger partial charge in [0.1, 0.15) is 11.6 Å². The van der Waals surface area contributed by atoms with E-state index in [0.29, 0.717) is 12.2 Å². The molecule has 124 valence electrons. The van der Waals surface area contributed by atoms with E-state index in [1.165, 1.54) is 0 Å². The number of ether oxygens (including phenoxy) is 1. The number of hydrazine groups is 1. The van der Waals surface area contributed by atoms with Crippen LogP contribution in [0.3, 0.4) is 0 Å². The molecule has 21 heavy (non-hydrogen) atoms. The molecular formula is C13H27N3O4S. The Kier molecular flexibility index (Phi) is 9.39. The van der Waals surface area contributed by atoms with E-state index in [9.17, 15) is 9.59 Å². The van der Waals surface area contributed by atoms with E-state index in [1.807, 2.05) is 6.92 Å². The van der Waals surface area contributed by atoms with Gasteiger partial charge in [0.25, 0.3) is 0 Å². The summed E-state index contributed by atoms with van der Waals surface area (Å²) < 4.78 is 5.05. The number of nitrogens with zero attached hydrogens (tertiary/aromatic N) is 1. The van der Waals surface area contributed by atoms with Crippen molar-refractivity contribution in [3.63, 3.8) is 0 Å². The molecule has 7 nitrogen and oxygen atoms in total. The number of hydrogen-bond acceptors (Lipinski definition) is 6. The second kappa shape index (κ2) is 9.86.